The third-order valence-corrected chi connectivity index (χ3v) is 6.29. The summed E-state index contributed by atoms with van der Waals surface area (Å²) < 4.78 is 7.61. The summed E-state index contributed by atoms with van der Waals surface area (Å²) in [5.74, 6) is 0.867. The van der Waals surface area contributed by atoms with Crippen LogP contribution in [-0.4, -0.2) is 10.2 Å². The van der Waals surface area contributed by atoms with E-state index in [4.69, 9.17) is 16.0 Å². The predicted molar refractivity (Wildman–Crippen MR) is 87.1 cm³/mol. The second-order valence-corrected chi connectivity index (χ2v) is 7.61. The van der Waals surface area contributed by atoms with E-state index in [-0.39, 0.29) is 0 Å². The Morgan fingerprint density at radius 3 is 2.55 bits per heavy atom. The van der Waals surface area contributed by atoms with Gasteiger partial charge < -0.3 is 4.42 Å². The van der Waals surface area contributed by atoms with Crippen molar-refractivity contribution in [2.45, 2.75) is 5.38 Å². The molecule has 1 unspecified atom stereocenters. The summed E-state index contributed by atoms with van der Waals surface area (Å²) in [4.78, 5) is 0.888. The van der Waals surface area contributed by atoms with Gasteiger partial charge in [-0.15, -0.1) is 33.1 Å². The van der Waals surface area contributed by atoms with E-state index in [2.05, 4.69) is 42.1 Å². The van der Waals surface area contributed by atoms with Crippen LogP contribution in [0.3, 0.4) is 0 Å². The van der Waals surface area contributed by atoms with Gasteiger partial charge in [-0.05, 0) is 43.5 Å². The lowest BCUT2D eigenvalue weighted by molar-refractivity contribution is 0.514. The molecule has 3 nitrogen and oxygen atoms in total. The van der Waals surface area contributed by atoms with Crippen LogP contribution in [0.4, 0.5) is 0 Å². The largest absolute Gasteiger partial charge is 0.418 e. The predicted octanol–water partition coefficient (Wildman–Crippen LogP) is 5.65. The lowest BCUT2D eigenvalue weighted by Crippen LogP contribution is -1.92. The first-order chi connectivity index (χ1) is 9.65. The van der Waals surface area contributed by atoms with E-state index in [0.29, 0.717) is 11.8 Å². The van der Waals surface area contributed by atoms with Crippen molar-refractivity contribution in [3.63, 3.8) is 0 Å². The summed E-state index contributed by atoms with van der Waals surface area (Å²) in [7, 11) is 0. The van der Waals surface area contributed by atoms with E-state index in [1.807, 2.05) is 36.4 Å². The summed E-state index contributed by atoms with van der Waals surface area (Å²) >= 11 is 14.8. The zero-order chi connectivity index (χ0) is 14.1. The maximum Gasteiger partial charge on any atom is 0.257 e. The molecule has 2 aromatic heterocycles. The highest BCUT2D eigenvalue weighted by Crippen LogP contribution is 2.38. The SMILES string of the molecule is ClC(c1ccccc1)c1nnc(-c2cc(Br)c(Br)s2)o1. The number of aromatic nitrogens is 2. The molecule has 1 aromatic carbocycles. The van der Waals surface area contributed by atoms with Crippen LogP contribution in [0.2, 0.25) is 0 Å². The minimum Gasteiger partial charge on any atom is -0.418 e. The quantitative estimate of drug-likeness (QED) is 0.500. The van der Waals surface area contributed by atoms with E-state index in [1.54, 1.807) is 0 Å². The number of nitrogens with zero attached hydrogens (tertiary/aromatic N) is 2. The minimum absolute atomic E-state index is 0.397. The zero-order valence-corrected chi connectivity index (χ0v) is 14.6. The van der Waals surface area contributed by atoms with Crippen LogP contribution in [0.5, 0.6) is 0 Å². The molecule has 0 saturated heterocycles. The highest BCUT2D eigenvalue weighted by Gasteiger charge is 2.20. The van der Waals surface area contributed by atoms with Crippen LogP contribution in [0.25, 0.3) is 10.8 Å². The Kier molecular flexibility index (Phi) is 4.26. The number of hydrogen-bond donors (Lipinski definition) is 0. The van der Waals surface area contributed by atoms with Gasteiger partial charge in [-0.3, -0.25) is 0 Å². The van der Waals surface area contributed by atoms with E-state index < -0.39 is 5.38 Å². The second-order valence-electron chi connectivity index (χ2n) is 3.95. The summed E-state index contributed by atoms with van der Waals surface area (Å²) in [5, 5.41) is 7.65. The van der Waals surface area contributed by atoms with Gasteiger partial charge in [0.05, 0.1) is 8.66 Å². The first-order valence-electron chi connectivity index (χ1n) is 5.63. The van der Waals surface area contributed by atoms with E-state index in [1.165, 1.54) is 11.3 Å². The second kappa shape index (κ2) is 5.97. The van der Waals surface area contributed by atoms with Gasteiger partial charge in [0.25, 0.3) is 5.89 Å². The number of hydrogen-bond acceptors (Lipinski definition) is 4. The first-order valence-corrected chi connectivity index (χ1v) is 8.46. The van der Waals surface area contributed by atoms with Gasteiger partial charge in [0, 0.05) is 4.47 Å². The summed E-state index contributed by atoms with van der Waals surface area (Å²) in [6.45, 7) is 0. The Hall–Kier alpha value is -0.690. The molecule has 7 heteroatoms. The number of halogens is 3. The van der Waals surface area contributed by atoms with Gasteiger partial charge in [-0.25, -0.2) is 0 Å². The fraction of sp³-hybridized carbons (Fsp3) is 0.0769. The molecule has 20 heavy (non-hydrogen) atoms. The van der Waals surface area contributed by atoms with Crippen LogP contribution >= 0.6 is 54.8 Å². The lowest BCUT2D eigenvalue weighted by atomic mass is 10.1. The molecule has 0 fully saturated rings. The molecular formula is C13H7Br2ClN2OS. The third-order valence-electron chi connectivity index (χ3n) is 2.61. The van der Waals surface area contributed by atoms with Gasteiger partial charge in [0.15, 0.2) is 0 Å². The van der Waals surface area contributed by atoms with Gasteiger partial charge in [0.1, 0.15) is 5.38 Å². The maximum atomic E-state index is 6.36. The topological polar surface area (TPSA) is 38.9 Å². The fourth-order valence-corrected chi connectivity index (χ4v) is 3.84. The molecule has 0 aliphatic carbocycles. The third kappa shape index (κ3) is 2.83. The lowest BCUT2D eigenvalue weighted by Gasteiger charge is -2.03. The Labute approximate surface area is 141 Å². The van der Waals surface area contributed by atoms with Crippen LogP contribution < -0.4 is 0 Å². The monoisotopic (exact) mass is 432 g/mol. The first kappa shape index (κ1) is 14.3. The summed E-state index contributed by atoms with van der Waals surface area (Å²) in [6.07, 6.45) is 0. The average Bonchev–Trinajstić information content (AvgIpc) is 3.07. The van der Waals surface area contributed by atoms with Crippen LogP contribution in [0.1, 0.15) is 16.8 Å². The Balaban J connectivity index is 1.90. The van der Waals surface area contributed by atoms with Crippen molar-refractivity contribution in [2.24, 2.45) is 0 Å². The zero-order valence-electron chi connectivity index (χ0n) is 9.89. The highest BCUT2D eigenvalue weighted by atomic mass is 79.9. The maximum absolute atomic E-state index is 6.36. The van der Waals surface area contributed by atoms with E-state index in [0.717, 1.165) is 18.7 Å². The molecule has 0 spiro atoms. The summed E-state index contributed by atoms with van der Waals surface area (Å²) in [6, 6.07) is 11.6. The smallest absolute Gasteiger partial charge is 0.257 e. The molecule has 3 rings (SSSR count). The van der Waals surface area contributed by atoms with Crippen molar-refractivity contribution in [2.75, 3.05) is 0 Å². The standard InChI is InChI=1S/C13H7Br2ClN2OS/c14-8-6-9(20-11(8)15)12-17-18-13(19-12)10(16)7-4-2-1-3-5-7/h1-6,10H. The summed E-state index contributed by atoms with van der Waals surface area (Å²) in [5.41, 5.74) is 0.929. The molecule has 0 amide bonds. The van der Waals surface area contributed by atoms with E-state index in [9.17, 15) is 0 Å². The number of rotatable bonds is 3. The minimum atomic E-state index is -0.440. The van der Waals surface area contributed by atoms with Crippen molar-refractivity contribution in [1.82, 2.24) is 10.2 Å². The molecule has 2 heterocycles. The van der Waals surface area contributed by atoms with Crippen molar-refractivity contribution in [1.29, 1.82) is 0 Å². The van der Waals surface area contributed by atoms with Crippen molar-refractivity contribution < 1.29 is 4.42 Å². The number of thiophene rings is 1. The van der Waals surface area contributed by atoms with Crippen LogP contribution in [-0.2, 0) is 0 Å². The van der Waals surface area contributed by atoms with Crippen LogP contribution in [0, 0.1) is 0 Å². The Morgan fingerprint density at radius 1 is 1.15 bits per heavy atom. The highest BCUT2D eigenvalue weighted by molar-refractivity contribution is 9.13. The molecule has 0 bridgehead atoms. The Bertz CT molecular complexity index is 710. The van der Waals surface area contributed by atoms with Crippen molar-refractivity contribution in [3.8, 4) is 10.8 Å². The van der Waals surface area contributed by atoms with Crippen molar-refractivity contribution >= 4 is 54.8 Å². The van der Waals surface area contributed by atoms with Gasteiger partial charge in [-0.1, -0.05) is 30.3 Å². The van der Waals surface area contributed by atoms with E-state index >= 15 is 0 Å². The van der Waals surface area contributed by atoms with Crippen molar-refractivity contribution in [3.05, 3.63) is 56.1 Å². The van der Waals surface area contributed by atoms with Gasteiger partial charge in [0.2, 0.25) is 5.89 Å². The Morgan fingerprint density at radius 2 is 1.90 bits per heavy atom. The average molecular weight is 435 g/mol. The molecule has 0 aliphatic rings. The van der Waals surface area contributed by atoms with Crippen LogP contribution in [0.15, 0.2) is 49.1 Å². The fourth-order valence-electron chi connectivity index (χ4n) is 1.65. The van der Waals surface area contributed by atoms with Gasteiger partial charge in [-0.2, -0.15) is 0 Å². The molecule has 0 aliphatic heterocycles. The molecular weight excluding hydrogens is 427 g/mol. The molecule has 0 N–H and O–H groups in total. The molecule has 3 aromatic rings. The normalized spacial score (nSPS) is 12.6. The molecule has 1 atom stereocenters. The number of alkyl halides is 1. The molecule has 0 saturated carbocycles. The molecule has 102 valence electrons. The number of benzene rings is 1. The molecule has 0 radical (unpaired) electrons. The van der Waals surface area contributed by atoms with Gasteiger partial charge >= 0.3 is 0 Å².